The molecule has 0 fully saturated rings. The first kappa shape index (κ1) is 16.9. The Morgan fingerprint density at radius 3 is 2.41 bits per heavy atom. The van der Waals surface area contributed by atoms with Gasteiger partial charge in [-0.15, -0.1) is 0 Å². The van der Waals surface area contributed by atoms with Crippen molar-refractivity contribution >= 4 is 11.8 Å². The Balaban J connectivity index is 1.98. The molecule has 0 radical (unpaired) electrons. The fourth-order valence-electron chi connectivity index (χ4n) is 2.31. The molecule has 2 unspecified atom stereocenters. The van der Waals surface area contributed by atoms with Crippen molar-refractivity contribution in [3.63, 3.8) is 0 Å². The van der Waals surface area contributed by atoms with Crippen LogP contribution in [0.5, 0.6) is 5.75 Å². The lowest BCUT2D eigenvalue weighted by molar-refractivity contribution is 0.196. The van der Waals surface area contributed by atoms with Gasteiger partial charge in [-0.3, -0.25) is 0 Å². The van der Waals surface area contributed by atoms with Crippen molar-refractivity contribution in [2.45, 2.75) is 38.0 Å². The van der Waals surface area contributed by atoms with Crippen LogP contribution >= 0.6 is 11.8 Å². The number of aryl methyl sites for hydroxylation is 1. The normalized spacial score (nSPS) is 13.8. The van der Waals surface area contributed by atoms with E-state index < -0.39 is 0 Å². The van der Waals surface area contributed by atoms with Crippen LogP contribution in [-0.2, 0) is 6.42 Å². The standard InChI is InChI=1S/C19H24O2S/c1-14(20)15(2)22-13-7-11-17-10-6-12-18(19(17)21)16-8-4-3-5-9-16/h3-6,8-10,12,14-15,20-21H,7,11,13H2,1-2H3. The molecule has 0 aliphatic carbocycles. The van der Waals surface area contributed by atoms with Crippen LogP contribution in [0.1, 0.15) is 25.8 Å². The molecule has 2 atom stereocenters. The summed E-state index contributed by atoms with van der Waals surface area (Å²) in [5, 5.41) is 20.2. The first-order valence-corrected chi connectivity index (χ1v) is 8.80. The summed E-state index contributed by atoms with van der Waals surface area (Å²) in [4.78, 5) is 0. The average Bonchev–Trinajstić information content (AvgIpc) is 2.53. The average molecular weight is 316 g/mol. The molecule has 0 spiro atoms. The van der Waals surface area contributed by atoms with Crippen molar-refractivity contribution < 1.29 is 10.2 Å². The molecule has 0 amide bonds. The summed E-state index contributed by atoms with van der Waals surface area (Å²) < 4.78 is 0. The van der Waals surface area contributed by atoms with Gasteiger partial charge in [-0.1, -0.05) is 55.5 Å². The summed E-state index contributed by atoms with van der Waals surface area (Å²) in [6.45, 7) is 3.87. The summed E-state index contributed by atoms with van der Waals surface area (Å²) in [5.74, 6) is 1.38. The number of aliphatic hydroxyl groups excluding tert-OH is 1. The Kier molecular flexibility index (Phi) is 6.34. The van der Waals surface area contributed by atoms with E-state index in [1.165, 1.54) is 0 Å². The molecule has 22 heavy (non-hydrogen) atoms. The molecule has 0 heterocycles. The second kappa shape index (κ2) is 8.25. The number of hydrogen-bond donors (Lipinski definition) is 2. The Hall–Kier alpha value is -1.45. The van der Waals surface area contributed by atoms with Crippen molar-refractivity contribution in [3.05, 3.63) is 54.1 Å². The SMILES string of the molecule is CC(O)C(C)SCCCc1cccc(-c2ccccc2)c1O. The second-order valence-corrected chi connectivity index (χ2v) is 7.08. The molecular formula is C19H24O2S. The summed E-state index contributed by atoms with van der Waals surface area (Å²) in [5.41, 5.74) is 2.92. The number of aromatic hydroxyl groups is 1. The Morgan fingerprint density at radius 2 is 1.73 bits per heavy atom. The molecule has 0 saturated carbocycles. The quantitative estimate of drug-likeness (QED) is 0.739. The lowest BCUT2D eigenvalue weighted by atomic mass is 9.99. The summed E-state index contributed by atoms with van der Waals surface area (Å²) in [7, 11) is 0. The molecule has 0 saturated heterocycles. The number of phenolic OH excluding ortho intramolecular Hbond substituents is 1. The highest BCUT2D eigenvalue weighted by Crippen LogP contribution is 2.32. The minimum atomic E-state index is -0.278. The van der Waals surface area contributed by atoms with Crippen molar-refractivity contribution in [2.75, 3.05) is 5.75 Å². The third-order valence-corrected chi connectivity index (χ3v) is 5.30. The van der Waals surface area contributed by atoms with Gasteiger partial charge in [0.05, 0.1) is 6.10 Å². The molecule has 2 nitrogen and oxygen atoms in total. The molecule has 118 valence electrons. The van der Waals surface area contributed by atoms with E-state index in [9.17, 15) is 10.2 Å². The number of rotatable bonds is 7. The van der Waals surface area contributed by atoms with Crippen molar-refractivity contribution in [1.29, 1.82) is 0 Å². The largest absolute Gasteiger partial charge is 0.507 e. The highest BCUT2D eigenvalue weighted by molar-refractivity contribution is 7.99. The van der Waals surface area contributed by atoms with Gasteiger partial charge in [-0.2, -0.15) is 11.8 Å². The highest BCUT2D eigenvalue weighted by atomic mass is 32.2. The van der Waals surface area contributed by atoms with E-state index in [4.69, 9.17) is 0 Å². The van der Waals surface area contributed by atoms with Crippen molar-refractivity contribution in [3.8, 4) is 16.9 Å². The summed E-state index contributed by atoms with van der Waals surface area (Å²) >= 11 is 1.78. The van der Waals surface area contributed by atoms with Gasteiger partial charge in [0, 0.05) is 10.8 Å². The van der Waals surface area contributed by atoms with Crippen LogP contribution in [0.2, 0.25) is 0 Å². The van der Waals surface area contributed by atoms with Crippen LogP contribution in [-0.4, -0.2) is 27.3 Å². The topological polar surface area (TPSA) is 40.5 Å². The molecule has 2 rings (SSSR count). The van der Waals surface area contributed by atoms with E-state index >= 15 is 0 Å². The van der Waals surface area contributed by atoms with Crippen LogP contribution in [0.3, 0.4) is 0 Å². The molecule has 2 N–H and O–H groups in total. The van der Waals surface area contributed by atoms with Gasteiger partial charge in [0.2, 0.25) is 0 Å². The maximum atomic E-state index is 10.5. The van der Waals surface area contributed by atoms with Gasteiger partial charge in [0.15, 0.2) is 0 Å². The maximum Gasteiger partial charge on any atom is 0.126 e. The number of benzene rings is 2. The fourth-order valence-corrected chi connectivity index (χ4v) is 3.28. The van der Waals surface area contributed by atoms with E-state index in [1.54, 1.807) is 11.8 Å². The molecule has 0 aliphatic heterocycles. The van der Waals surface area contributed by atoms with Crippen LogP contribution in [0.4, 0.5) is 0 Å². The van der Waals surface area contributed by atoms with Gasteiger partial charge in [0.25, 0.3) is 0 Å². The van der Waals surface area contributed by atoms with E-state index in [1.807, 2.05) is 62.4 Å². The monoisotopic (exact) mass is 316 g/mol. The zero-order chi connectivity index (χ0) is 15.9. The number of hydrogen-bond acceptors (Lipinski definition) is 3. The maximum absolute atomic E-state index is 10.5. The lowest BCUT2D eigenvalue weighted by Gasteiger charge is -2.14. The second-order valence-electron chi connectivity index (χ2n) is 5.60. The summed E-state index contributed by atoms with van der Waals surface area (Å²) in [6.07, 6.45) is 1.57. The van der Waals surface area contributed by atoms with Crippen LogP contribution in [0.15, 0.2) is 48.5 Å². The lowest BCUT2D eigenvalue weighted by Crippen LogP contribution is -2.15. The van der Waals surface area contributed by atoms with Crippen LogP contribution in [0, 0.1) is 0 Å². The molecule has 2 aromatic rings. The van der Waals surface area contributed by atoms with Crippen molar-refractivity contribution in [2.24, 2.45) is 0 Å². The Bertz CT molecular complexity index is 581. The molecule has 3 heteroatoms. The number of para-hydroxylation sites is 1. The van der Waals surface area contributed by atoms with E-state index in [2.05, 4.69) is 0 Å². The number of aliphatic hydroxyl groups is 1. The highest BCUT2D eigenvalue weighted by Gasteiger charge is 2.10. The van der Waals surface area contributed by atoms with Crippen molar-refractivity contribution in [1.82, 2.24) is 0 Å². The smallest absolute Gasteiger partial charge is 0.126 e. The van der Waals surface area contributed by atoms with Crippen LogP contribution in [0.25, 0.3) is 11.1 Å². The minimum absolute atomic E-state index is 0.254. The first-order valence-electron chi connectivity index (χ1n) is 7.75. The van der Waals surface area contributed by atoms with E-state index in [0.29, 0.717) is 5.75 Å². The minimum Gasteiger partial charge on any atom is -0.507 e. The Morgan fingerprint density at radius 1 is 1.00 bits per heavy atom. The van der Waals surface area contributed by atoms with Crippen LogP contribution < -0.4 is 0 Å². The molecule has 0 bridgehead atoms. The van der Waals surface area contributed by atoms with Gasteiger partial charge < -0.3 is 10.2 Å². The first-order chi connectivity index (χ1) is 10.6. The zero-order valence-corrected chi connectivity index (χ0v) is 14.0. The van der Waals surface area contributed by atoms with Gasteiger partial charge in [-0.05, 0) is 36.6 Å². The fraction of sp³-hybridized carbons (Fsp3) is 0.368. The molecular weight excluding hydrogens is 292 g/mol. The van der Waals surface area contributed by atoms with Gasteiger partial charge in [-0.25, -0.2) is 0 Å². The van der Waals surface area contributed by atoms with Gasteiger partial charge >= 0.3 is 0 Å². The third-order valence-electron chi connectivity index (χ3n) is 3.85. The number of thioether (sulfide) groups is 1. The summed E-state index contributed by atoms with van der Waals surface area (Å²) in [6, 6.07) is 15.9. The zero-order valence-electron chi connectivity index (χ0n) is 13.2. The van der Waals surface area contributed by atoms with E-state index in [-0.39, 0.29) is 11.4 Å². The Labute approximate surface area is 137 Å². The number of phenols is 1. The van der Waals surface area contributed by atoms with E-state index in [0.717, 1.165) is 35.3 Å². The molecule has 0 aromatic heterocycles. The van der Waals surface area contributed by atoms with Gasteiger partial charge in [0.1, 0.15) is 5.75 Å². The predicted octanol–water partition coefficient (Wildman–Crippen LogP) is 4.49. The predicted molar refractivity (Wildman–Crippen MR) is 95.5 cm³/mol. The third kappa shape index (κ3) is 4.52. The molecule has 2 aromatic carbocycles. The molecule has 0 aliphatic rings.